The lowest BCUT2D eigenvalue weighted by Crippen LogP contribution is -2.62. The Balaban J connectivity index is 2.21. The molecule has 0 saturated carbocycles. The van der Waals surface area contributed by atoms with Gasteiger partial charge in [0.15, 0.2) is 5.84 Å². The number of H-pyrrole nitrogens is 1. The van der Waals surface area contributed by atoms with Crippen LogP contribution >= 0.6 is 0 Å². The summed E-state index contributed by atoms with van der Waals surface area (Å²) in [5.74, 6) is -0.379. The van der Waals surface area contributed by atoms with E-state index in [1.807, 2.05) is 7.05 Å². The number of rotatable bonds is 3. The molecule has 1 amide bonds. The van der Waals surface area contributed by atoms with E-state index in [0.717, 1.165) is 13.1 Å². The highest BCUT2D eigenvalue weighted by atomic mass is 16.4. The van der Waals surface area contributed by atoms with E-state index in [-0.39, 0.29) is 17.3 Å². The van der Waals surface area contributed by atoms with Crippen LogP contribution in [0.3, 0.4) is 0 Å². The molecule has 114 valence electrons. The second kappa shape index (κ2) is 5.96. The number of oxime groups is 1. The van der Waals surface area contributed by atoms with Gasteiger partial charge in [-0.05, 0) is 26.0 Å². The fourth-order valence-electron chi connectivity index (χ4n) is 2.38. The molecule has 2 heterocycles. The molecule has 0 spiro atoms. The Bertz CT molecular complexity index is 582. The molecule has 1 aromatic rings. The molecule has 8 heteroatoms. The van der Waals surface area contributed by atoms with E-state index in [0.29, 0.717) is 18.4 Å². The number of carbonyl (C=O) groups is 1. The van der Waals surface area contributed by atoms with Crippen LogP contribution in [0.2, 0.25) is 0 Å². The van der Waals surface area contributed by atoms with Crippen molar-refractivity contribution in [2.45, 2.75) is 18.4 Å². The quantitative estimate of drug-likeness (QED) is 0.254. The van der Waals surface area contributed by atoms with E-state index < -0.39 is 5.54 Å². The van der Waals surface area contributed by atoms with Gasteiger partial charge in [-0.1, -0.05) is 5.16 Å². The number of hydrogen-bond donors (Lipinski definition) is 4. The fraction of sp³-hybridized carbons (Fsp3) is 0.462. The molecular formula is C13H19N5O3. The van der Waals surface area contributed by atoms with Crippen LogP contribution in [0.5, 0.6) is 0 Å². The molecule has 2 rings (SSSR count). The Morgan fingerprint density at radius 2 is 2.14 bits per heavy atom. The predicted molar refractivity (Wildman–Crippen MR) is 77.4 cm³/mol. The number of aromatic nitrogens is 1. The van der Waals surface area contributed by atoms with Gasteiger partial charge < -0.3 is 26.1 Å². The summed E-state index contributed by atoms with van der Waals surface area (Å²) >= 11 is 0. The minimum atomic E-state index is -0.867. The first kappa shape index (κ1) is 15.0. The normalized spacial score (nSPS) is 19.2. The second-order valence-corrected chi connectivity index (χ2v) is 5.27. The highest BCUT2D eigenvalue weighted by molar-refractivity contribution is 6.00. The molecule has 1 aliphatic rings. The lowest BCUT2D eigenvalue weighted by atomic mass is 9.86. The Labute approximate surface area is 121 Å². The third kappa shape index (κ3) is 3.22. The standard InChI is InChI=1S/C13H19N5O3/c1-18-6-4-13(5-7-18,12(14)17-21)16-11(20)9-2-3-10(19)15-8-9/h2-3,8,21H,4-7H2,1H3,(H2,14,17)(H,15,19)(H,16,20). The lowest BCUT2D eigenvalue weighted by molar-refractivity contribution is 0.0886. The molecule has 0 aliphatic carbocycles. The first-order valence-electron chi connectivity index (χ1n) is 6.65. The number of nitrogens with two attached hydrogens (primary N) is 1. The van der Waals surface area contributed by atoms with Crippen LogP contribution in [0.15, 0.2) is 28.3 Å². The number of likely N-dealkylation sites (tertiary alicyclic amines) is 1. The van der Waals surface area contributed by atoms with E-state index >= 15 is 0 Å². The zero-order valence-corrected chi connectivity index (χ0v) is 11.8. The highest BCUT2D eigenvalue weighted by Crippen LogP contribution is 2.22. The number of nitrogens with zero attached hydrogens (tertiary/aromatic N) is 2. The van der Waals surface area contributed by atoms with E-state index in [9.17, 15) is 9.59 Å². The average Bonchev–Trinajstić information content (AvgIpc) is 2.49. The van der Waals surface area contributed by atoms with Crippen molar-refractivity contribution in [1.29, 1.82) is 0 Å². The maximum Gasteiger partial charge on any atom is 0.253 e. The molecular weight excluding hydrogens is 274 g/mol. The monoisotopic (exact) mass is 293 g/mol. The van der Waals surface area contributed by atoms with Crippen LogP contribution in [-0.4, -0.2) is 52.5 Å². The van der Waals surface area contributed by atoms with Gasteiger partial charge in [0, 0.05) is 25.4 Å². The summed E-state index contributed by atoms with van der Waals surface area (Å²) in [6, 6.07) is 2.71. The van der Waals surface area contributed by atoms with Crippen molar-refractivity contribution < 1.29 is 10.0 Å². The summed E-state index contributed by atoms with van der Waals surface area (Å²) in [5.41, 5.74) is 4.96. The third-order valence-electron chi connectivity index (χ3n) is 3.84. The smallest absolute Gasteiger partial charge is 0.253 e. The topological polar surface area (TPSA) is 124 Å². The summed E-state index contributed by atoms with van der Waals surface area (Å²) in [5, 5.41) is 14.9. The van der Waals surface area contributed by atoms with Gasteiger partial charge in [0.1, 0.15) is 5.54 Å². The largest absolute Gasteiger partial charge is 0.409 e. The van der Waals surface area contributed by atoms with Crippen LogP contribution < -0.4 is 16.6 Å². The zero-order valence-electron chi connectivity index (χ0n) is 11.8. The van der Waals surface area contributed by atoms with E-state index in [4.69, 9.17) is 10.9 Å². The van der Waals surface area contributed by atoms with Crippen LogP contribution in [0.25, 0.3) is 0 Å². The van der Waals surface area contributed by atoms with Gasteiger partial charge in [0.05, 0.1) is 5.56 Å². The van der Waals surface area contributed by atoms with Gasteiger partial charge >= 0.3 is 0 Å². The van der Waals surface area contributed by atoms with E-state index in [2.05, 4.69) is 20.4 Å². The molecule has 0 atom stereocenters. The average molecular weight is 293 g/mol. The predicted octanol–water partition coefficient (Wildman–Crippen LogP) is -0.684. The van der Waals surface area contributed by atoms with Crippen molar-refractivity contribution in [3.63, 3.8) is 0 Å². The van der Waals surface area contributed by atoms with Gasteiger partial charge in [-0.15, -0.1) is 0 Å². The molecule has 1 aromatic heterocycles. The Morgan fingerprint density at radius 3 is 2.67 bits per heavy atom. The van der Waals surface area contributed by atoms with Crippen molar-refractivity contribution in [2.24, 2.45) is 10.9 Å². The van der Waals surface area contributed by atoms with Gasteiger partial charge in [0.2, 0.25) is 5.56 Å². The first-order chi connectivity index (χ1) is 9.97. The molecule has 21 heavy (non-hydrogen) atoms. The molecule has 0 bridgehead atoms. The summed E-state index contributed by atoms with van der Waals surface area (Å²) < 4.78 is 0. The summed E-state index contributed by atoms with van der Waals surface area (Å²) in [4.78, 5) is 27.9. The minimum absolute atomic E-state index is 0.00613. The number of nitrogens with one attached hydrogen (secondary N) is 2. The Kier molecular flexibility index (Phi) is 4.27. The molecule has 0 aromatic carbocycles. The van der Waals surface area contributed by atoms with Crippen LogP contribution in [0.1, 0.15) is 23.2 Å². The lowest BCUT2D eigenvalue weighted by Gasteiger charge is -2.40. The number of aromatic amines is 1. The number of amidine groups is 1. The van der Waals surface area contributed by atoms with Crippen molar-refractivity contribution in [3.8, 4) is 0 Å². The zero-order chi connectivity index (χ0) is 15.5. The van der Waals surface area contributed by atoms with Crippen LogP contribution in [0, 0.1) is 0 Å². The number of pyridine rings is 1. The highest BCUT2D eigenvalue weighted by Gasteiger charge is 2.39. The fourth-order valence-corrected chi connectivity index (χ4v) is 2.38. The van der Waals surface area contributed by atoms with Crippen LogP contribution in [-0.2, 0) is 0 Å². The van der Waals surface area contributed by atoms with Gasteiger partial charge in [-0.3, -0.25) is 9.59 Å². The SMILES string of the molecule is CN1CCC(NC(=O)c2ccc(=O)[nH]c2)(/C(N)=N/O)CC1. The molecule has 0 unspecified atom stereocenters. The van der Waals surface area contributed by atoms with E-state index in [1.54, 1.807) is 0 Å². The third-order valence-corrected chi connectivity index (χ3v) is 3.84. The van der Waals surface area contributed by atoms with Gasteiger partial charge in [-0.25, -0.2) is 0 Å². The Hall–Kier alpha value is -2.35. The first-order valence-corrected chi connectivity index (χ1v) is 6.65. The number of amides is 1. The van der Waals surface area contributed by atoms with Crippen molar-refractivity contribution in [1.82, 2.24) is 15.2 Å². The summed E-state index contributed by atoms with van der Waals surface area (Å²) in [6.07, 6.45) is 2.44. The van der Waals surface area contributed by atoms with Gasteiger partial charge in [-0.2, -0.15) is 0 Å². The summed E-state index contributed by atoms with van der Waals surface area (Å²) in [6.45, 7) is 1.45. The molecule has 1 saturated heterocycles. The van der Waals surface area contributed by atoms with Crippen LogP contribution in [0.4, 0.5) is 0 Å². The number of piperidine rings is 1. The number of carbonyl (C=O) groups excluding carboxylic acids is 1. The van der Waals surface area contributed by atoms with Crippen molar-refractivity contribution in [2.75, 3.05) is 20.1 Å². The molecule has 5 N–H and O–H groups in total. The minimum Gasteiger partial charge on any atom is -0.409 e. The molecule has 0 radical (unpaired) electrons. The molecule has 1 aliphatic heterocycles. The second-order valence-electron chi connectivity index (χ2n) is 5.27. The maximum absolute atomic E-state index is 12.3. The van der Waals surface area contributed by atoms with Crippen molar-refractivity contribution in [3.05, 3.63) is 34.2 Å². The molecule has 1 fully saturated rings. The number of hydrogen-bond acceptors (Lipinski definition) is 5. The Morgan fingerprint density at radius 1 is 1.48 bits per heavy atom. The maximum atomic E-state index is 12.3. The summed E-state index contributed by atoms with van der Waals surface area (Å²) in [7, 11) is 1.97. The molecule has 8 nitrogen and oxygen atoms in total. The van der Waals surface area contributed by atoms with Crippen molar-refractivity contribution >= 4 is 11.7 Å². The van der Waals surface area contributed by atoms with Gasteiger partial charge in [0.25, 0.3) is 5.91 Å². The van der Waals surface area contributed by atoms with E-state index in [1.165, 1.54) is 18.3 Å².